The van der Waals surface area contributed by atoms with Crippen molar-refractivity contribution in [3.63, 3.8) is 0 Å². The zero-order chi connectivity index (χ0) is 24.0. The number of pyridine rings is 1. The fraction of sp³-hybridized carbons (Fsp3) is 0.250. The molecule has 0 spiro atoms. The number of rotatable bonds is 4. The standard InChI is InChI=1S/C19H22N.C13H8NO.Ir/c1-14(2)16-10-11-20-19(13-16)18-9-5-8-17(12-18)15-6-3-4-7-15;1-2-6-10(7-3-1)13-11-8-4-5-9-12(11)15-14-13;/h5,8,10-15H,3-4,6-7H2,1-2H3;1-6,8-9H;/q2*-1;. The van der Waals surface area contributed by atoms with Crippen molar-refractivity contribution in [2.75, 3.05) is 0 Å². The molecule has 0 atom stereocenters. The van der Waals surface area contributed by atoms with Crippen molar-refractivity contribution >= 4 is 11.0 Å². The minimum absolute atomic E-state index is 0. The molecule has 5 aromatic rings. The summed E-state index contributed by atoms with van der Waals surface area (Å²) in [5.74, 6) is 1.28. The van der Waals surface area contributed by atoms with Crippen LogP contribution in [0.4, 0.5) is 0 Å². The van der Waals surface area contributed by atoms with Gasteiger partial charge in [-0.25, -0.2) is 0 Å². The van der Waals surface area contributed by atoms with Gasteiger partial charge in [0.05, 0.1) is 0 Å². The van der Waals surface area contributed by atoms with Gasteiger partial charge in [0.2, 0.25) is 0 Å². The average Bonchev–Trinajstić information content (AvgIpc) is 3.61. The molecule has 1 radical (unpaired) electrons. The van der Waals surface area contributed by atoms with Gasteiger partial charge in [0.15, 0.2) is 5.58 Å². The van der Waals surface area contributed by atoms with Gasteiger partial charge in [-0.05, 0) is 42.5 Å². The molecule has 0 aliphatic heterocycles. The molecule has 185 valence electrons. The Morgan fingerprint density at radius 3 is 2.42 bits per heavy atom. The van der Waals surface area contributed by atoms with Crippen LogP contribution in [0.1, 0.15) is 62.5 Å². The Labute approximate surface area is 227 Å². The Bertz CT molecular complexity index is 1390. The van der Waals surface area contributed by atoms with Crippen LogP contribution >= 0.6 is 0 Å². The number of nitrogens with zero attached hydrogens (tertiary/aromatic N) is 2. The molecule has 1 fully saturated rings. The van der Waals surface area contributed by atoms with Crippen molar-refractivity contribution in [3.05, 3.63) is 108 Å². The second-order valence-electron chi connectivity index (χ2n) is 9.45. The zero-order valence-electron chi connectivity index (χ0n) is 20.7. The monoisotopic (exact) mass is 651 g/mol. The summed E-state index contributed by atoms with van der Waals surface area (Å²) >= 11 is 0. The quantitative estimate of drug-likeness (QED) is 0.183. The van der Waals surface area contributed by atoms with Gasteiger partial charge in [0.25, 0.3) is 0 Å². The van der Waals surface area contributed by atoms with Gasteiger partial charge in [-0.2, -0.15) is 0 Å². The maximum atomic E-state index is 5.23. The minimum Gasteiger partial charge on any atom is -0.366 e. The molecule has 6 rings (SSSR count). The predicted octanol–water partition coefficient (Wildman–Crippen LogP) is 8.62. The van der Waals surface area contributed by atoms with Gasteiger partial charge in [-0.1, -0.05) is 56.5 Å². The van der Waals surface area contributed by atoms with E-state index in [1.807, 2.05) is 54.7 Å². The molecule has 1 aliphatic carbocycles. The summed E-state index contributed by atoms with van der Waals surface area (Å²) in [5, 5.41) is 5.09. The zero-order valence-corrected chi connectivity index (χ0v) is 23.1. The van der Waals surface area contributed by atoms with Gasteiger partial charge in [0, 0.05) is 37.4 Å². The number of hydrogen-bond acceptors (Lipinski definition) is 3. The molecule has 0 amide bonds. The van der Waals surface area contributed by atoms with Crippen molar-refractivity contribution < 1.29 is 24.6 Å². The molecule has 0 saturated heterocycles. The summed E-state index contributed by atoms with van der Waals surface area (Å²) < 4.78 is 5.23. The second-order valence-corrected chi connectivity index (χ2v) is 9.45. The van der Waals surface area contributed by atoms with Crippen LogP contribution in [0.2, 0.25) is 0 Å². The number of aromatic nitrogens is 2. The third-order valence-corrected chi connectivity index (χ3v) is 6.72. The minimum atomic E-state index is 0. The predicted molar refractivity (Wildman–Crippen MR) is 142 cm³/mol. The first kappa shape index (κ1) is 26.0. The van der Waals surface area contributed by atoms with E-state index in [-0.39, 0.29) is 20.1 Å². The first-order chi connectivity index (χ1) is 17.2. The van der Waals surface area contributed by atoms with Crippen molar-refractivity contribution in [3.8, 4) is 22.5 Å². The van der Waals surface area contributed by atoms with Crippen molar-refractivity contribution in [1.82, 2.24) is 10.1 Å². The van der Waals surface area contributed by atoms with Crippen LogP contribution in [0, 0.1) is 12.1 Å². The molecular formula is C32H30IrN2O-2. The van der Waals surface area contributed by atoms with E-state index in [4.69, 9.17) is 4.52 Å². The Morgan fingerprint density at radius 1 is 0.861 bits per heavy atom. The van der Waals surface area contributed by atoms with Crippen LogP contribution in [-0.2, 0) is 20.1 Å². The molecule has 0 N–H and O–H groups in total. The SMILES string of the molecule is CC(C)c1ccnc(-c2[c-]ccc(C3CCCC3)c2)c1.[Ir].[c-]1ccccc1-c1noc2ccccc12. The Balaban J connectivity index is 0.000000170. The van der Waals surface area contributed by atoms with Crippen LogP contribution < -0.4 is 0 Å². The number of para-hydroxylation sites is 1. The summed E-state index contributed by atoms with van der Waals surface area (Å²) in [5.41, 5.74) is 7.62. The van der Waals surface area contributed by atoms with Gasteiger partial charge in [-0.3, -0.25) is 0 Å². The van der Waals surface area contributed by atoms with Crippen LogP contribution in [0.15, 0.2) is 89.6 Å². The van der Waals surface area contributed by atoms with E-state index >= 15 is 0 Å². The smallest absolute Gasteiger partial charge is 0.157 e. The van der Waals surface area contributed by atoms with Gasteiger partial charge >= 0.3 is 0 Å². The summed E-state index contributed by atoms with van der Waals surface area (Å²) in [6.07, 6.45) is 7.34. The molecule has 3 nitrogen and oxygen atoms in total. The van der Waals surface area contributed by atoms with Crippen molar-refractivity contribution in [2.24, 2.45) is 0 Å². The maximum Gasteiger partial charge on any atom is 0.157 e. The summed E-state index contributed by atoms with van der Waals surface area (Å²) in [4.78, 5) is 4.53. The molecule has 2 aromatic heterocycles. The van der Waals surface area contributed by atoms with Gasteiger partial charge in [0.1, 0.15) is 0 Å². The average molecular weight is 651 g/mol. The molecule has 4 heteroatoms. The normalized spacial score (nSPS) is 13.3. The Morgan fingerprint density at radius 2 is 1.64 bits per heavy atom. The maximum absolute atomic E-state index is 5.23. The van der Waals surface area contributed by atoms with Crippen LogP contribution in [0.25, 0.3) is 33.5 Å². The second kappa shape index (κ2) is 12.3. The van der Waals surface area contributed by atoms with E-state index in [0.29, 0.717) is 5.92 Å². The third kappa shape index (κ3) is 6.00. The molecular weight excluding hydrogens is 621 g/mol. The fourth-order valence-electron chi connectivity index (χ4n) is 4.72. The molecule has 0 bridgehead atoms. The largest absolute Gasteiger partial charge is 0.366 e. The van der Waals surface area contributed by atoms with Gasteiger partial charge < -0.3 is 9.51 Å². The number of fused-ring (bicyclic) bond motifs is 1. The van der Waals surface area contributed by atoms with Crippen molar-refractivity contribution in [2.45, 2.75) is 51.4 Å². The van der Waals surface area contributed by atoms with E-state index in [0.717, 1.165) is 39.4 Å². The van der Waals surface area contributed by atoms with E-state index in [2.05, 4.69) is 66.5 Å². The van der Waals surface area contributed by atoms with E-state index in [1.165, 1.54) is 36.8 Å². The first-order valence-electron chi connectivity index (χ1n) is 12.5. The van der Waals surface area contributed by atoms with E-state index in [1.54, 1.807) is 0 Å². The van der Waals surface area contributed by atoms with Crippen LogP contribution in [-0.4, -0.2) is 10.1 Å². The van der Waals surface area contributed by atoms with Crippen LogP contribution in [0.3, 0.4) is 0 Å². The number of benzene rings is 3. The molecule has 0 unspecified atom stereocenters. The first-order valence-corrected chi connectivity index (χ1v) is 12.5. The van der Waals surface area contributed by atoms with Gasteiger partial charge in [-0.15, -0.1) is 76.4 Å². The molecule has 2 heterocycles. The Kier molecular flexibility index (Phi) is 8.85. The van der Waals surface area contributed by atoms with E-state index in [9.17, 15) is 0 Å². The summed E-state index contributed by atoms with van der Waals surface area (Å²) in [6.45, 7) is 4.44. The topological polar surface area (TPSA) is 38.9 Å². The molecule has 3 aromatic carbocycles. The number of hydrogen-bond donors (Lipinski definition) is 0. The summed E-state index contributed by atoms with van der Waals surface area (Å²) in [6, 6.07) is 33.0. The molecule has 1 aliphatic rings. The summed E-state index contributed by atoms with van der Waals surface area (Å²) in [7, 11) is 0. The molecule has 1 saturated carbocycles. The molecule has 36 heavy (non-hydrogen) atoms. The Hall–Kier alpha value is -3.07. The fourth-order valence-corrected chi connectivity index (χ4v) is 4.72. The van der Waals surface area contributed by atoms with E-state index < -0.39 is 0 Å². The third-order valence-electron chi connectivity index (χ3n) is 6.72. The van der Waals surface area contributed by atoms with Crippen LogP contribution in [0.5, 0.6) is 0 Å². The van der Waals surface area contributed by atoms with Crippen molar-refractivity contribution in [1.29, 1.82) is 0 Å².